The van der Waals surface area contributed by atoms with Gasteiger partial charge in [-0.1, -0.05) is 38.1 Å². The van der Waals surface area contributed by atoms with Gasteiger partial charge in [-0.15, -0.1) is 0 Å². The second-order valence-corrected chi connectivity index (χ2v) is 10.5. The van der Waals surface area contributed by atoms with Crippen LogP contribution in [0.4, 0.5) is 5.69 Å². The first kappa shape index (κ1) is 29.0. The smallest absolute Gasteiger partial charge is 0.244 e. The summed E-state index contributed by atoms with van der Waals surface area (Å²) < 4.78 is 37.1. The summed E-state index contributed by atoms with van der Waals surface area (Å²) in [5.74, 6) is 0.196. The van der Waals surface area contributed by atoms with Gasteiger partial charge in [-0.2, -0.15) is 0 Å². The lowest BCUT2D eigenvalue weighted by molar-refractivity contribution is -0.140. The summed E-state index contributed by atoms with van der Waals surface area (Å²) in [4.78, 5) is 28.3. The van der Waals surface area contributed by atoms with E-state index in [1.165, 1.54) is 12.0 Å². The number of ether oxygens (including phenoxy) is 2. The van der Waals surface area contributed by atoms with Gasteiger partial charge in [0.25, 0.3) is 0 Å². The van der Waals surface area contributed by atoms with Gasteiger partial charge in [0.2, 0.25) is 21.8 Å². The Morgan fingerprint density at radius 2 is 1.61 bits per heavy atom. The summed E-state index contributed by atoms with van der Waals surface area (Å²) in [6.07, 6.45) is 2.13. The van der Waals surface area contributed by atoms with Crippen molar-refractivity contribution in [1.29, 1.82) is 0 Å². The molecule has 0 saturated carbocycles. The SMILES string of the molecule is CCC(C)NC(=O)C(CC)N(Cc1ccc(OC)cc1)C(=O)CN(c1ccccc1OC)S(C)(=O)=O. The van der Waals surface area contributed by atoms with Crippen LogP contribution in [0, 0.1) is 0 Å². The van der Waals surface area contributed by atoms with Crippen LogP contribution in [0.5, 0.6) is 11.5 Å². The number of anilines is 1. The van der Waals surface area contributed by atoms with E-state index in [-0.39, 0.29) is 24.2 Å². The monoisotopic (exact) mass is 519 g/mol. The van der Waals surface area contributed by atoms with Crippen LogP contribution in [0.3, 0.4) is 0 Å². The fraction of sp³-hybridized carbons (Fsp3) is 0.462. The third-order valence-electron chi connectivity index (χ3n) is 5.93. The van der Waals surface area contributed by atoms with Gasteiger partial charge in [-0.3, -0.25) is 13.9 Å². The van der Waals surface area contributed by atoms with Gasteiger partial charge in [0.1, 0.15) is 24.1 Å². The van der Waals surface area contributed by atoms with Gasteiger partial charge in [0.15, 0.2) is 0 Å². The first-order valence-electron chi connectivity index (χ1n) is 11.9. The van der Waals surface area contributed by atoms with Crippen molar-refractivity contribution in [2.24, 2.45) is 0 Å². The van der Waals surface area contributed by atoms with Crippen LogP contribution in [-0.2, 0) is 26.2 Å². The van der Waals surface area contributed by atoms with Crippen LogP contribution in [0.1, 0.15) is 39.2 Å². The van der Waals surface area contributed by atoms with Crippen molar-refractivity contribution in [3.8, 4) is 11.5 Å². The summed E-state index contributed by atoms with van der Waals surface area (Å²) in [7, 11) is -0.850. The Kier molecular flexibility index (Phi) is 10.6. The Balaban J connectivity index is 2.47. The van der Waals surface area contributed by atoms with E-state index in [2.05, 4.69) is 5.32 Å². The van der Waals surface area contributed by atoms with E-state index in [0.29, 0.717) is 17.9 Å². The number of sulfonamides is 1. The third kappa shape index (κ3) is 7.61. The molecular weight excluding hydrogens is 482 g/mol. The molecule has 1 N–H and O–H groups in total. The topological polar surface area (TPSA) is 105 Å². The molecule has 0 aliphatic carbocycles. The van der Waals surface area contributed by atoms with E-state index in [0.717, 1.165) is 22.5 Å². The molecule has 0 aliphatic rings. The molecule has 2 rings (SSSR count). The van der Waals surface area contributed by atoms with Gasteiger partial charge in [-0.05, 0) is 49.6 Å². The number of rotatable bonds is 13. The Morgan fingerprint density at radius 3 is 2.14 bits per heavy atom. The number of nitrogens with zero attached hydrogens (tertiary/aromatic N) is 2. The molecule has 0 aromatic heterocycles. The average Bonchev–Trinajstić information content (AvgIpc) is 2.86. The molecule has 0 fully saturated rings. The third-order valence-corrected chi connectivity index (χ3v) is 7.06. The maximum atomic E-state index is 13.7. The first-order valence-corrected chi connectivity index (χ1v) is 13.7. The van der Waals surface area contributed by atoms with Crippen molar-refractivity contribution >= 4 is 27.5 Å². The number of carbonyl (C=O) groups is 2. The minimum Gasteiger partial charge on any atom is -0.497 e. The lowest BCUT2D eigenvalue weighted by atomic mass is 10.1. The maximum absolute atomic E-state index is 13.7. The minimum absolute atomic E-state index is 0.0643. The number of carbonyl (C=O) groups excluding carboxylic acids is 2. The van der Waals surface area contributed by atoms with E-state index >= 15 is 0 Å². The largest absolute Gasteiger partial charge is 0.497 e. The lowest BCUT2D eigenvalue weighted by Crippen LogP contribution is -2.53. The van der Waals surface area contributed by atoms with Crippen LogP contribution < -0.4 is 19.1 Å². The highest BCUT2D eigenvalue weighted by Crippen LogP contribution is 2.30. The van der Waals surface area contributed by atoms with E-state index in [4.69, 9.17) is 9.47 Å². The van der Waals surface area contributed by atoms with Crippen molar-refractivity contribution in [2.75, 3.05) is 31.3 Å². The van der Waals surface area contributed by atoms with Crippen LogP contribution in [-0.4, -0.2) is 64.2 Å². The van der Waals surface area contributed by atoms with E-state index in [1.807, 2.05) is 32.9 Å². The van der Waals surface area contributed by atoms with Gasteiger partial charge in [0.05, 0.1) is 26.2 Å². The van der Waals surface area contributed by atoms with Gasteiger partial charge in [-0.25, -0.2) is 8.42 Å². The van der Waals surface area contributed by atoms with Crippen molar-refractivity contribution in [3.05, 3.63) is 54.1 Å². The highest BCUT2D eigenvalue weighted by Gasteiger charge is 2.32. The van der Waals surface area contributed by atoms with Crippen molar-refractivity contribution in [1.82, 2.24) is 10.2 Å². The minimum atomic E-state index is -3.85. The number of para-hydroxylation sites is 2. The Bertz CT molecular complexity index is 1120. The lowest BCUT2D eigenvalue weighted by Gasteiger charge is -2.33. The molecule has 0 heterocycles. The maximum Gasteiger partial charge on any atom is 0.244 e. The molecule has 0 bridgehead atoms. The fourth-order valence-electron chi connectivity index (χ4n) is 3.72. The van der Waals surface area contributed by atoms with Crippen molar-refractivity contribution in [2.45, 2.75) is 52.2 Å². The van der Waals surface area contributed by atoms with E-state index in [9.17, 15) is 18.0 Å². The number of benzene rings is 2. The number of amides is 2. The van der Waals surface area contributed by atoms with E-state index in [1.54, 1.807) is 43.5 Å². The molecule has 2 aromatic carbocycles. The molecule has 0 aliphatic heterocycles. The molecule has 10 heteroatoms. The number of hydrogen-bond donors (Lipinski definition) is 1. The molecule has 0 spiro atoms. The number of nitrogens with one attached hydrogen (secondary N) is 1. The summed E-state index contributed by atoms with van der Waals surface area (Å²) in [5.41, 5.74) is 1.03. The van der Waals surface area contributed by atoms with Crippen molar-refractivity contribution in [3.63, 3.8) is 0 Å². The predicted molar refractivity (Wildman–Crippen MR) is 141 cm³/mol. The predicted octanol–water partition coefficient (Wildman–Crippen LogP) is 3.19. The first-order chi connectivity index (χ1) is 17.0. The van der Waals surface area contributed by atoms with Gasteiger partial charge < -0.3 is 19.7 Å². The van der Waals surface area contributed by atoms with Crippen LogP contribution in [0.2, 0.25) is 0 Å². The van der Waals surface area contributed by atoms with Gasteiger partial charge >= 0.3 is 0 Å². The molecule has 36 heavy (non-hydrogen) atoms. The molecule has 0 radical (unpaired) electrons. The molecule has 2 amide bonds. The van der Waals surface area contributed by atoms with Crippen molar-refractivity contribution < 1.29 is 27.5 Å². The van der Waals surface area contributed by atoms with Gasteiger partial charge in [0, 0.05) is 12.6 Å². The second kappa shape index (κ2) is 13.2. The fourth-order valence-corrected chi connectivity index (χ4v) is 4.57. The Labute approximate surface area is 214 Å². The summed E-state index contributed by atoms with van der Waals surface area (Å²) in [6, 6.07) is 12.9. The van der Waals surface area contributed by atoms with Crippen LogP contribution in [0.25, 0.3) is 0 Å². The molecule has 2 atom stereocenters. The normalized spacial score (nSPS) is 12.8. The highest BCUT2D eigenvalue weighted by molar-refractivity contribution is 7.92. The van der Waals surface area contributed by atoms with E-state index < -0.39 is 28.5 Å². The molecule has 2 aromatic rings. The Morgan fingerprint density at radius 1 is 0.972 bits per heavy atom. The Hall–Kier alpha value is -3.27. The zero-order chi connectivity index (χ0) is 26.9. The summed E-state index contributed by atoms with van der Waals surface area (Å²) in [5, 5.41) is 2.95. The zero-order valence-corrected chi connectivity index (χ0v) is 22.7. The summed E-state index contributed by atoms with van der Waals surface area (Å²) in [6.45, 7) is 5.32. The average molecular weight is 520 g/mol. The quantitative estimate of drug-likeness (QED) is 0.436. The molecule has 9 nitrogen and oxygen atoms in total. The molecule has 198 valence electrons. The van der Waals surface area contributed by atoms with Crippen LogP contribution in [0.15, 0.2) is 48.5 Å². The molecule has 0 saturated heterocycles. The number of hydrogen-bond acceptors (Lipinski definition) is 6. The number of methoxy groups -OCH3 is 2. The summed E-state index contributed by atoms with van der Waals surface area (Å²) >= 11 is 0. The standard InChI is InChI=1S/C26H37N3O6S/c1-7-19(3)27-26(31)22(8-2)28(17-20-13-15-21(34-4)16-14-20)25(30)18-29(36(6,32)33)23-11-9-10-12-24(23)35-5/h9-16,19,22H,7-8,17-18H2,1-6H3,(H,27,31). The second-order valence-electron chi connectivity index (χ2n) is 8.55. The molecule has 2 unspecified atom stereocenters. The zero-order valence-electron chi connectivity index (χ0n) is 21.9. The molecular formula is C26H37N3O6S. The highest BCUT2D eigenvalue weighted by atomic mass is 32.2. The van der Waals surface area contributed by atoms with Crippen LogP contribution >= 0.6 is 0 Å².